The highest BCUT2D eigenvalue weighted by Gasteiger charge is 2.35. The number of fused-ring (bicyclic) bond motifs is 6. The lowest BCUT2D eigenvalue weighted by Gasteiger charge is -2.35. The number of nitrogens with two attached hydrogens (primary N) is 1. The first-order valence-electron chi connectivity index (χ1n) is 9.27. The van der Waals surface area contributed by atoms with Gasteiger partial charge in [0.25, 0.3) is 0 Å². The summed E-state index contributed by atoms with van der Waals surface area (Å²) in [6.45, 7) is 8.10. The van der Waals surface area contributed by atoms with E-state index < -0.39 is 5.60 Å². The summed E-state index contributed by atoms with van der Waals surface area (Å²) in [6, 6.07) is 1.33. The highest BCUT2D eigenvalue weighted by molar-refractivity contribution is 5.97. The molecule has 2 aromatic rings. The van der Waals surface area contributed by atoms with Crippen LogP contribution >= 0.6 is 0 Å². The third-order valence-corrected chi connectivity index (χ3v) is 5.06. The Labute approximate surface area is 152 Å². The van der Waals surface area contributed by atoms with E-state index >= 15 is 0 Å². The molecule has 1 unspecified atom stereocenters. The van der Waals surface area contributed by atoms with Crippen molar-refractivity contribution in [1.29, 1.82) is 0 Å². The molecule has 0 amide bonds. The van der Waals surface area contributed by atoms with Crippen molar-refractivity contribution in [3.63, 3.8) is 0 Å². The minimum absolute atomic E-state index is 0.00654. The highest BCUT2D eigenvalue weighted by Crippen LogP contribution is 2.50. The number of benzene rings is 1. The second kappa shape index (κ2) is 5.88. The Balaban J connectivity index is 2.16. The Hall–Kier alpha value is -2.27. The molecule has 0 bridgehead atoms. The molecule has 5 heteroatoms. The van der Waals surface area contributed by atoms with Crippen LogP contribution in [0.25, 0.3) is 17.0 Å². The van der Waals surface area contributed by atoms with Crippen LogP contribution in [0.3, 0.4) is 0 Å². The summed E-state index contributed by atoms with van der Waals surface area (Å²) >= 11 is 0. The zero-order chi connectivity index (χ0) is 18.6. The fourth-order valence-corrected chi connectivity index (χ4v) is 3.96. The van der Waals surface area contributed by atoms with Crippen molar-refractivity contribution in [3.8, 4) is 11.5 Å². The van der Waals surface area contributed by atoms with Crippen molar-refractivity contribution in [3.05, 3.63) is 39.3 Å². The molecule has 26 heavy (non-hydrogen) atoms. The zero-order valence-corrected chi connectivity index (χ0v) is 15.7. The lowest BCUT2D eigenvalue weighted by atomic mass is 9.88. The largest absolute Gasteiger partial charge is 0.489 e. The van der Waals surface area contributed by atoms with E-state index in [1.807, 2.05) is 32.9 Å². The van der Waals surface area contributed by atoms with Gasteiger partial charge in [0, 0.05) is 18.5 Å². The Bertz CT molecular complexity index is 970. The molecule has 138 valence electrons. The fourth-order valence-electron chi connectivity index (χ4n) is 3.96. The van der Waals surface area contributed by atoms with Gasteiger partial charge in [-0.15, -0.1) is 0 Å². The van der Waals surface area contributed by atoms with Crippen molar-refractivity contribution < 1.29 is 13.9 Å². The minimum atomic E-state index is -0.448. The van der Waals surface area contributed by atoms with Crippen LogP contribution in [0.1, 0.15) is 63.3 Å². The van der Waals surface area contributed by atoms with Crippen molar-refractivity contribution in [1.82, 2.24) is 0 Å². The van der Waals surface area contributed by atoms with Crippen LogP contribution in [0.15, 0.2) is 21.4 Å². The van der Waals surface area contributed by atoms with Gasteiger partial charge in [0.2, 0.25) is 0 Å². The predicted octanol–water partition coefficient (Wildman–Crippen LogP) is 4.10. The summed E-state index contributed by atoms with van der Waals surface area (Å²) in [5, 5.41) is 0.853. The van der Waals surface area contributed by atoms with Gasteiger partial charge < -0.3 is 19.6 Å². The van der Waals surface area contributed by atoms with Gasteiger partial charge in [0.15, 0.2) is 5.58 Å². The summed E-state index contributed by atoms with van der Waals surface area (Å²) < 4.78 is 18.1. The van der Waals surface area contributed by atoms with Gasteiger partial charge in [-0.25, -0.2) is 4.79 Å². The van der Waals surface area contributed by atoms with Gasteiger partial charge in [-0.3, -0.25) is 0 Å². The molecule has 4 rings (SSSR count). The molecule has 2 aliphatic rings. The van der Waals surface area contributed by atoms with E-state index in [2.05, 4.69) is 6.92 Å². The van der Waals surface area contributed by atoms with Crippen LogP contribution < -0.4 is 20.8 Å². The van der Waals surface area contributed by atoms with E-state index in [1.165, 1.54) is 0 Å². The van der Waals surface area contributed by atoms with Crippen molar-refractivity contribution in [2.45, 2.75) is 64.7 Å². The first-order valence-corrected chi connectivity index (χ1v) is 9.27. The Morgan fingerprint density at radius 3 is 2.81 bits per heavy atom. The molecule has 1 aromatic carbocycles. The molecular formula is C21H25NO4. The molecule has 3 heterocycles. The van der Waals surface area contributed by atoms with Gasteiger partial charge in [-0.05, 0) is 44.9 Å². The minimum Gasteiger partial charge on any atom is -0.489 e. The van der Waals surface area contributed by atoms with Gasteiger partial charge in [0.05, 0.1) is 22.6 Å². The van der Waals surface area contributed by atoms with Crippen molar-refractivity contribution in [2.24, 2.45) is 5.73 Å². The number of rotatable bonds is 2. The molecule has 0 saturated heterocycles. The Morgan fingerprint density at radius 2 is 2.08 bits per heavy atom. The predicted molar refractivity (Wildman–Crippen MR) is 102 cm³/mol. The molecule has 0 radical (unpaired) electrons. The van der Waals surface area contributed by atoms with Crippen molar-refractivity contribution >= 4 is 17.0 Å². The first kappa shape index (κ1) is 17.2. The highest BCUT2D eigenvalue weighted by atomic mass is 16.5. The van der Waals surface area contributed by atoms with E-state index in [0.717, 1.165) is 40.7 Å². The van der Waals surface area contributed by atoms with E-state index in [9.17, 15) is 4.79 Å². The Kier molecular flexibility index (Phi) is 3.88. The number of aryl methyl sites for hydroxylation is 1. The van der Waals surface area contributed by atoms with Gasteiger partial charge in [-0.1, -0.05) is 13.3 Å². The standard InChI is InChI=1S/C21H25NO4/c1-5-6-12-10-15(23)25-20-16(12)19-13(7-8-21(3,4)26-19)18-17(20)14(22)9-11(2)24-18/h7-8,10-11,14H,5-6,9,22H2,1-4H3/t11-,14?/m1/s1. The average Bonchev–Trinajstić information content (AvgIpc) is 2.52. The molecule has 2 N–H and O–H groups in total. The first-order chi connectivity index (χ1) is 12.3. The van der Waals surface area contributed by atoms with E-state index in [-0.39, 0.29) is 17.8 Å². The normalized spacial score (nSPS) is 23.1. The van der Waals surface area contributed by atoms with Crippen LogP contribution in [-0.2, 0) is 6.42 Å². The van der Waals surface area contributed by atoms with Gasteiger partial charge in [0.1, 0.15) is 17.1 Å². The smallest absolute Gasteiger partial charge is 0.336 e. The van der Waals surface area contributed by atoms with Gasteiger partial charge in [-0.2, -0.15) is 0 Å². The van der Waals surface area contributed by atoms with E-state index in [0.29, 0.717) is 17.8 Å². The maximum Gasteiger partial charge on any atom is 0.336 e. The lowest BCUT2D eigenvalue weighted by molar-refractivity contribution is 0.153. The monoisotopic (exact) mass is 355 g/mol. The topological polar surface area (TPSA) is 74.7 Å². The number of ether oxygens (including phenoxy) is 2. The second-order valence-corrected chi connectivity index (χ2v) is 7.84. The van der Waals surface area contributed by atoms with Gasteiger partial charge >= 0.3 is 5.63 Å². The molecule has 5 nitrogen and oxygen atoms in total. The van der Waals surface area contributed by atoms with E-state index in [4.69, 9.17) is 19.6 Å². The van der Waals surface area contributed by atoms with Crippen LogP contribution in [0.4, 0.5) is 0 Å². The summed E-state index contributed by atoms with van der Waals surface area (Å²) in [4.78, 5) is 12.2. The van der Waals surface area contributed by atoms with Crippen LogP contribution in [0.5, 0.6) is 11.5 Å². The number of hydrogen-bond acceptors (Lipinski definition) is 5. The van der Waals surface area contributed by atoms with Crippen LogP contribution in [-0.4, -0.2) is 11.7 Å². The van der Waals surface area contributed by atoms with E-state index in [1.54, 1.807) is 6.07 Å². The maximum absolute atomic E-state index is 12.2. The van der Waals surface area contributed by atoms with Crippen molar-refractivity contribution in [2.75, 3.05) is 0 Å². The van der Waals surface area contributed by atoms with Crippen LogP contribution in [0, 0.1) is 0 Å². The number of hydrogen-bond donors (Lipinski definition) is 1. The summed E-state index contributed by atoms with van der Waals surface area (Å²) in [7, 11) is 0. The third-order valence-electron chi connectivity index (χ3n) is 5.06. The molecule has 0 spiro atoms. The molecular weight excluding hydrogens is 330 g/mol. The molecule has 0 aliphatic carbocycles. The molecule has 1 aromatic heterocycles. The quantitative estimate of drug-likeness (QED) is 0.821. The molecule has 2 aliphatic heterocycles. The molecule has 0 fully saturated rings. The summed E-state index contributed by atoms with van der Waals surface area (Å²) in [5.74, 6) is 1.40. The zero-order valence-electron chi connectivity index (χ0n) is 15.7. The lowest BCUT2D eigenvalue weighted by Crippen LogP contribution is -2.31. The third kappa shape index (κ3) is 2.62. The molecule has 0 saturated carbocycles. The second-order valence-electron chi connectivity index (χ2n) is 7.84. The van der Waals surface area contributed by atoms with Crippen LogP contribution in [0.2, 0.25) is 0 Å². The SMILES string of the molecule is CCCc1cc(=O)oc2c3c(c4c(c12)OC(C)(C)C=C4)O[C@H](C)CC3N. The maximum atomic E-state index is 12.2. The summed E-state index contributed by atoms with van der Waals surface area (Å²) in [6.07, 6.45) is 6.43. The summed E-state index contributed by atoms with van der Waals surface area (Å²) in [5.41, 5.74) is 8.77. The average molecular weight is 355 g/mol. The fraction of sp³-hybridized carbons (Fsp3) is 0.476. The molecule has 2 atom stereocenters. The Morgan fingerprint density at radius 1 is 1.31 bits per heavy atom.